The summed E-state index contributed by atoms with van der Waals surface area (Å²) in [6, 6.07) is 9.44. The van der Waals surface area contributed by atoms with Crippen LogP contribution in [0.3, 0.4) is 0 Å². The molecule has 2 rings (SSSR count). The Labute approximate surface area is 90.3 Å². The molecule has 0 radical (unpaired) electrons. The van der Waals surface area contributed by atoms with Gasteiger partial charge in [-0.3, -0.25) is 4.79 Å². The SMILES string of the molecule is COC1(C(=O)c2ccccc2)CCCC1. The van der Waals surface area contributed by atoms with Crippen molar-refractivity contribution in [2.45, 2.75) is 31.3 Å². The van der Waals surface area contributed by atoms with Crippen LogP contribution in [0.4, 0.5) is 0 Å². The summed E-state index contributed by atoms with van der Waals surface area (Å²) in [6.07, 6.45) is 3.90. The fourth-order valence-electron chi connectivity index (χ4n) is 2.32. The molecular weight excluding hydrogens is 188 g/mol. The van der Waals surface area contributed by atoms with Gasteiger partial charge in [-0.1, -0.05) is 30.3 Å². The molecule has 2 nitrogen and oxygen atoms in total. The van der Waals surface area contributed by atoms with Crippen molar-refractivity contribution in [2.75, 3.05) is 7.11 Å². The van der Waals surface area contributed by atoms with Crippen LogP contribution in [-0.2, 0) is 4.74 Å². The van der Waals surface area contributed by atoms with Gasteiger partial charge in [0, 0.05) is 12.7 Å². The lowest BCUT2D eigenvalue weighted by molar-refractivity contribution is 0.00602. The van der Waals surface area contributed by atoms with Gasteiger partial charge in [0.2, 0.25) is 0 Å². The monoisotopic (exact) mass is 204 g/mol. The first-order chi connectivity index (χ1) is 7.28. The predicted octanol–water partition coefficient (Wildman–Crippen LogP) is 2.83. The third-order valence-corrected chi connectivity index (χ3v) is 3.25. The fraction of sp³-hybridized carbons (Fsp3) is 0.462. The normalized spacial score (nSPS) is 19.0. The lowest BCUT2D eigenvalue weighted by Gasteiger charge is -2.25. The standard InChI is InChI=1S/C13H16O2/c1-15-13(9-5-6-10-13)12(14)11-7-3-2-4-8-11/h2-4,7-8H,5-6,9-10H2,1H3. The minimum absolute atomic E-state index is 0.142. The Balaban J connectivity index is 2.27. The lowest BCUT2D eigenvalue weighted by Crippen LogP contribution is -2.37. The number of benzene rings is 1. The summed E-state index contributed by atoms with van der Waals surface area (Å²) in [4.78, 5) is 12.3. The zero-order valence-corrected chi connectivity index (χ0v) is 9.03. The van der Waals surface area contributed by atoms with E-state index in [-0.39, 0.29) is 5.78 Å². The second-order valence-electron chi connectivity index (χ2n) is 4.10. The minimum Gasteiger partial charge on any atom is -0.370 e. The van der Waals surface area contributed by atoms with Gasteiger partial charge in [0.05, 0.1) is 0 Å². The highest BCUT2D eigenvalue weighted by atomic mass is 16.5. The number of Topliss-reactive ketones (excluding diaryl/α,β-unsaturated/α-hetero) is 1. The van der Waals surface area contributed by atoms with Crippen LogP contribution in [0.5, 0.6) is 0 Å². The highest BCUT2D eigenvalue weighted by molar-refractivity contribution is 6.02. The van der Waals surface area contributed by atoms with Crippen LogP contribution in [0.25, 0.3) is 0 Å². The maximum absolute atomic E-state index is 12.3. The number of methoxy groups -OCH3 is 1. The van der Waals surface area contributed by atoms with Crippen molar-refractivity contribution in [3.63, 3.8) is 0 Å². The van der Waals surface area contributed by atoms with Gasteiger partial charge >= 0.3 is 0 Å². The van der Waals surface area contributed by atoms with Crippen LogP contribution in [0.15, 0.2) is 30.3 Å². The zero-order chi connectivity index (χ0) is 10.7. The number of ether oxygens (including phenoxy) is 1. The van der Waals surface area contributed by atoms with Crippen LogP contribution in [0, 0.1) is 0 Å². The van der Waals surface area contributed by atoms with Crippen LogP contribution >= 0.6 is 0 Å². The first-order valence-corrected chi connectivity index (χ1v) is 5.43. The van der Waals surface area contributed by atoms with Gasteiger partial charge in [0.25, 0.3) is 0 Å². The Morgan fingerprint density at radius 2 is 1.80 bits per heavy atom. The number of hydrogen-bond donors (Lipinski definition) is 0. The molecule has 15 heavy (non-hydrogen) atoms. The first kappa shape index (κ1) is 10.4. The number of carbonyl (C=O) groups is 1. The van der Waals surface area contributed by atoms with E-state index in [0.29, 0.717) is 0 Å². The molecule has 0 heterocycles. The van der Waals surface area contributed by atoms with E-state index in [2.05, 4.69) is 0 Å². The van der Waals surface area contributed by atoms with E-state index in [1.807, 2.05) is 30.3 Å². The molecule has 0 N–H and O–H groups in total. The fourth-order valence-corrected chi connectivity index (χ4v) is 2.32. The number of hydrogen-bond acceptors (Lipinski definition) is 2. The number of ketones is 1. The summed E-state index contributed by atoms with van der Waals surface area (Å²) in [5.41, 5.74) is 0.225. The summed E-state index contributed by atoms with van der Waals surface area (Å²) >= 11 is 0. The van der Waals surface area contributed by atoms with Gasteiger partial charge in [-0.05, 0) is 25.7 Å². The summed E-state index contributed by atoms with van der Waals surface area (Å²) in [5.74, 6) is 0.142. The highest BCUT2D eigenvalue weighted by Crippen LogP contribution is 2.35. The largest absolute Gasteiger partial charge is 0.370 e. The summed E-state index contributed by atoms with van der Waals surface area (Å²) in [7, 11) is 1.64. The molecule has 0 saturated heterocycles. The molecule has 0 atom stereocenters. The van der Waals surface area contributed by atoms with Gasteiger partial charge in [-0.15, -0.1) is 0 Å². The first-order valence-electron chi connectivity index (χ1n) is 5.43. The second kappa shape index (κ2) is 4.15. The molecule has 0 unspecified atom stereocenters. The van der Waals surface area contributed by atoms with Gasteiger partial charge in [0.1, 0.15) is 5.60 Å². The molecule has 2 heteroatoms. The maximum Gasteiger partial charge on any atom is 0.194 e. The van der Waals surface area contributed by atoms with E-state index >= 15 is 0 Å². The van der Waals surface area contributed by atoms with E-state index in [4.69, 9.17) is 4.74 Å². The van der Waals surface area contributed by atoms with Crippen LogP contribution in [0.2, 0.25) is 0 Å². The second-order valence-corrected chi connectivity index (χ2v) is 4.10. The van der Waals surface area contributed by atoms with Gasteiger partial charge in [-0.2, -0.15) is 0 Å². The van der Waals surface area contributed by atoms with E-state index in [0.717, 1.165) is 31.2 Å². The van der Waals surface area contributed by atoms with E-state index in [1.54, 1.807) is 7.11 Å². The molecule has 80 valence electrons. The number of rotatable bonds is 3. The zero-order valence-electron chi connectivity index (χ0n) is 9.03. The van der Waals surface area contributed by atoms with E-state index in [9.17, 15) is 4.79 Å². The molecule has 1 fully saturated rings. The molecule has 0 amide bonds. The quantitative estimate of drug-likeness (QED) is 0.708. The summed E-state index contributed by atoms with van der Waals surface area (Å²) < 4.78 is 5.47. The Morgan fingerprint density at radius 3 is 2.33 bits per heavy atom. The molecule has 1 aromatic rings. The molecule has 0 spiro atoms. The number of carbonyl (C=O) groups excluding carboxylic acids is 1. The van der Waals surface area contributed by atoms with Crippen LogP contribution < -0.4 is 0 Å². The summed E-state index contributed by atoms with van der Waals surface area (Å²) in [6.45, 7) is 0. The van der Waals surface area contributed by atoms with Crippen molar-refractivity contribution in [2.24, 2.45) is 0 Å². The van der Waals surface area contributed by atoms with Crippen molar-refractivity contribution in [1.82, 2.24) is 0 Å². The molecule has 0 aromatic heterocycles. The average molecular weight is 204 g/mol. The Hall–Kier alpha value is -1.15. The third kappa shape index (κ3) is 1.82. The minimum atomic E-state index is -0.540. The van der Waals surface area contributed by atoms with Gasteiger partial charge in [0.15, 0.2) is 5.78 Å². The van der Waals surface area contributed by atoms with Crippen molar-refractivity contribution in [1.29, 1.82) is 0 Å². The Kier molecular flexibility index (Phi) is 2.87. The van der Waals surface area contributed by atoms with Crippen LogP contribution in [-0.4, -0.2) is 18.5 Å². The average Bonchev–Trinajstić information content (AvgIpc) is 2.79. The van der Waals surface area contributed by atoms with Crippen molar-refractivity contribution in [3.05, 3.63) is 35.9 Å². The molecule has 1 saturated carbocycles. The summed E-state index contributed by atoms with van der Waals surface area (Å²) in [5, 5.41) is 0. The predicted molar refractivity (Wildman–Crippen MR) is 59.0 cm³/mol. The molecule has 1 aromatic carbocycles. The van der Waals surface area contributed by atoms with E-state index < -0.39 is 5.60 Å². The van der Waals surface area contributed by atoms with Crippen LogP contribution in [0.1, 0.15) is 36.0 Å². The van der Waals surface area contributed by atoms with E-state index in [1.165, 1.54) is 0 Å². The van der Waals surface area contributed by atoms with Crippen molar-refractivity contribution in [3.8, 4) is 0 Å². The lowest BCUT2D eigenvalue weighted by atomic mass is 9.91. The third-order valence-electron chi connectivity index (χ3n) is 3.25. The van der Waals surface area contributed by atoms with Crippen molar-refractivity contribution >= 4 is 5.78 Å². The molecule has 0 bridgehead atoms. The molecule has 0 aliphatic heterocycles. The topological polar surface area (TPSA) is 26.3 Å². The highest BCUT2D eigenvalue weighted by Gasteiger charge is 2.41. The smallest absolute Gasteiger partial charge is 0.194 e. The van der Waals surface area contributed by atoms with Crippen molar-refractivity contribution < 1.29 is 9.53 Å². The molecular formula is C13H16O2. The van der Waals surface area contributed by atoms with Gasteiger partial charge in [-0.25, -0.2) is 0 Å². The Morgan fingerprint density at radius 1 is 1.20 bits per heavy atom. The Bertz CT molecular complexity index is 337. The maximum atomic E-state index is 12.3. The van der Waals surface area contributed by atoms with Gasteiger partial charge < -0.3 is 4.74 Å². The molecule has 1 aliphatic carbocycles. The molecule has 1 aliphatic rings.